The monoisotopic (exact) mass is 469 g/mol. The molecular weight excluding hydrogens is 446 g/mol. The maximum atomic E-state index is 11.1. The van der Waals surface area contributed by atoms with Gasteiger partial charge < -0.3 is 19.9 Å². The van der Waals surface area contributed by atoms with E-state index in [1.165, 1.54) is 5.56 Å². The molecular formula is C24H24BrNO4. The van der Waals surface area contributed by atoms with Gasteiger partial charge in [0.05, 0.1) is 16.6 Å². The zero-order chi connectivity index (χ0) is 21.5. The average Bonchev–Trinajstić information content (AvgIpc) is 2.73. The summed E-state index contributed by atoms with van der Waals surface area (Å²) in [5, 5.41) is 12.4. The van der Waals surface area contributed by atoms with Crippen LogP contribution < -0.4 is 14.8 Å². The standard InChI is InChI=1S/C24H24BrNO4/c1-3-29-22-12-18(14-26-20-6-4-5-19(13-20)24(27)28)11-21(25)23(22)30-15-17-9-7-16(2)8-10-17/h4-13,26H,3,14-15H2,1-2H3,(H,27,28). The van der Waals surface area contributed by atoms with Crippen LogP contribution in [0.5, 0.6) is 11.5 Å². The first kappa shape index (κ1) is 21.7. The Hall–Kier alpha value is -2.99. The molecule has 0 bridgehead atoms. The van der Waals surface area contributed by atoms with Gasteiger partial charge in [-0.15, -0.1) is 0 Å². The normalized spacial score (nSPS) is 10.5. The van der Waals surface area contributed by atoms with E-state index in [4.69, 9.17) is 14.6 Å². The minimum atomic E-state index is -0.949. The molecule has 0 amide bonds. The third kappa shape index (κ3) is 5.76. The minimum Gasteiger partial charge on any atom is -0.490 e. The molecule has 0 saturated carbocycles. The molecule has 3 rings (SSSR count). The van der Waals surface area contributed by atoms with Crippen molar-refractivity contribution < 1.29 is 19.4 Å². The topological polar surface area (TPSA) is 67.8 Å². The highest BCUT2D eigenvalue weighted by atomic mass is 79.9. The molecule has 0 aromatic heterocycles. The number of carboxylic acids is 1. The third-order valence-electron chi connectivity index (χ3n) is 4.48. The van der Waals surface area contributed by atoms with Gasteiger partial charge in [0.1, 0.15) is 6.61 Å². The Morgan fingerprint density at radius 3 is 2.50 bits per heavy atom. The van der Waals surface area contributed by atoms with Crippen molar-refractivity contribution >= 4 is 27.6 Å². The lowest BCUT2D eigenvalue weighted by Gasteiger charge is -2.16. The number of anilines is 1. The molecule has 0 unspecified atom stereocenters. The fourth-order valence-electron chi connectivity index (χ4n) is 2.93. The molecule has 0 saturated heterocycles. The van der Waals surface area contributed by atoms with E-state index in [2.05, 4.69) is 40.3 Å². The Bertz CT molecular complexity index is 1020. The number of halogens is 1. The molecule has 0 aliphatic carbocycles. The van der Waals surface area contributed by atoms with Gasteiger partial charge in [0.2, 0.25) is 0 Å². The van der Waals surface area contributed by atoms with E-state index >= 15 is 0 Å². The van der Waals surface area contributed by atoms with E-state index in [0.717, 1.165) is 21.3 Å². The third-order valence-corrected chi connectivity index (χ3v) is 5.07. The molecule has 3 aromatic rings. The van der Waals surface area contributed by atoms with Gasteiger partial charge in [-0.1, -0.05) is 35.9 Å². The molecule has 0 atom stereocenters. The van der Waals surface area contributed by atoms with Crippen molar-refractivity contribution in [3.05, 3.63) is 87.4 Å². The minimum absolute atomic E-state index is 0.246. The summed E-state index contributed by atoms with van der Waals surface area (Å²) in [5.74, 6) is 0.374. The van der Waals surface area contributed by atoms with Crippen LogP contribution >= 0.6 is 15.9 Å². The van der Waals surface area contributed by atoms with Crippen LogP contribution in [-0.2, 0) is 13.2 Å². The molecule has 0 radical (unpaired) electrons. The fraction of sp³-hybridized carbons (Fsp3) is 0.208. The summed E-state index contributed by atoms with van der Waals surface area (Å²) < 4.78 is 12.7. The fourth-order valence-corrected chi connectivity index (χ4v) is 3.54. The summed E-state index contributed by atoms with van der Waals surface area (Å²) in [4.78, 5) is 11.1. The number of benzene rings is 3. The van der Waals surface area contributed by atoms with Crippen LogP contribution in [0.2, 0.25) is 0 Å². The molecule has 0 aliphatic rings. The van der Waals surface area contributed by atoms with Crippen LogP contribution in [0, 0.1) is 6.92 Å². The van der Waals surface area contributed by atoms with E-state index in [-0.39, 0.29) is 5.56 Å². The maximum absolute atomic E-state index is 11.1. The number of aryl methyl sites for hydroxylation is 1. The summed E-state index contributed by atoms with van der Waals surface area (Å²) in [5.41, 5.74) is 4.26. The number of hydrogen-bond donors (Lipinski definition) is 2. The van der Waals surface area contributed by atoms with Gasteiger partial charge in [-0.05, 0) is 71.2 Å². The van der Waals surface area contributed by atoms with Gasteiger partial charge in [-0.2, -0.15) is 0 Å². The molecule has 0 heterocycles. The highest BCUT2D eigenvalue weighted by molar-refractivity contribution is 9.10. The highest BCUT2D eigenvalue weighted by Crippen LogP contribution is 2.37. The first-order chi connectivity index (χ1) is 14.5. The number of aromatic carboxylic acids is 1. The zero-order valence-corrected chi connectivity index (χ0v) is 18.5. The Labute approximate surface area is 184 Å². The van der Waals surface area contributed by atoms with E-state index < -0.39 is 5.97 Å². The summed E-state index contributed by atoms with van der Waals surface area (Å²) in [6.45, 7) is 5.46. The molecule has 3 aromatic carbocycles. The second-order valence-electron chi connectivity index (χ2n) is 6.85. The van der Waals surface area contributed by atoms with E-state index in [1.54, 1.807) is 18.2 Å². The lowest BCUT2D eigenvalue weighted by molar-refractivity contribution is 0.0697. The SMILES string of the molecule is CCOc1cc(CNc2cccc(C(=O)O)c2)cc(Br)c1OCc1ccc(C)cc1. The Kier molecular flexibility index (Phi) is 7.36. The quantitative estimate of drug-likeness (QED) is 0.399. The predicted molar refractivity (Wildman–Crippen MR) is 122 cm³/mol. The first-order valence-electron chi connectivity index (χ1n) is 9.67. The smallest absolute Gasteiger partial charge is 0.335 e. The van der Waals surface area contributed by atoms with Crippen LogP contribution in [0.25, 0.3) is 0 Å². The summed E-state index contributed by atoms with van der Waals surface area (Å²) >= 11 is 3.60. The van der Waals surface area contributed by atoms with Crippen LogP contribution in [-0.4, -0.2) is 17.7 Å². The Morgan fingerprint density at radius 2 is 1.80 bits per heavy atom. The molecule has 156 valence electrons. The van der Waals surface area contributed by atoms with Crippen molar-refractivity contribution in [2.45, 2.75) is 27.0 Å². The summed E-state index contributed by atoms with van der Waals surface area (Å²) in [7, 11) is 0. The lowest BCUT2D eigenvalue weighted by atomic mass is 10.1. The first-order valence-corrected chi connectivity index (χ1v) is 10.5. The molecule has 0 fully saturated rings. The molecule has 2 N–H and O–H groups in total. The maximum Gasteiger partial charge on any atom is 0.335 e. The molecule has 0 aliphatic heterocycles. The van der Waals surface area contributed by atoms with Crippen LogP contribution in [0.1, 0.15) is 34.0 Å². The highest BCUT2D eigenvalue weighted by Gasteiger charge is 2.13. The van der Waals surface area contributed by atoms with Crippen LogP contribution in [0.3, 0.4) is 0 Å². The van der Waals surface area contributed by atoms with E-state index in [0.29, 0.717) is 31.3 Å². The number of hydrogen-bond acceptors (Lipinski definition) is 4. The number of rotatable bonds is 9. The molecule has 30 heavy (non-hydrogen) atoms. The van der Waals surface area contributed by atoms with E-state index in [9.17, 15) is 4.79 Å². The van der Waals surface area contributed by atoms with Crippen molar-refractivity contribution in [2.75, 3.05) is 11.9 Å². The van der Waals surface area contributed by atoms with Crippen LogP contribution in [0.15, 0.2) is 65.1 Å². The summed E-state index contributed by atoms with van der Waals surface area (Å²) in [6.07, 6.45) is 0. The van der Waals surface area contributed by atoms with Gasteiger partial charge in [-0.3, -0.25) is 0 Å². The second-order valence-corrected chi connectivity index (χ2v) is 7.71. The van der Waals surface area contributed by atoms with Gasteiger partial charge in [0, 0.05) is 12.2 Å². The average molecular weight is 470 g/mol. The van der Waals surface area contributed by atoms with Crippen molar-refractivity contribution in [3.63, 3.8) is 0 Å². The number of nitrogens with one attached hydrogen (secondary N) is 1. The Morgan fingerprint density at radius 1 is 1.03 bits per heavy atom. The number of carbonyl (C=O) groups is 1. The second kappa shape index (κ2) is 10.2. The molecule has 5 nitrogen and oxygen atoms in total. The summed E-state index contributed by atoms with van der Waals surface area (Å²) in [6, 6.07) is 18.9. The number of carboxylic acid groups (broad SMARTS) is 1. The number of ether oxygens (including phenoxy) is 2. The van der Waals surface area contributed by atoms with Crippen molar-refractivity contribution in [3.8, 4) is 11.5 Å². The van der Waals surface area contributed by atoms with Crippen LogP contribution in [0.4, 0.5) is 5.69 Å². The Balaban J connectivity index is 1.74. The van der Waals surface area contributed by atoms with Crippen molar-refractivity contribution in [2.24, 2.45) is 0 Å². The largest absolute Gasteiger partial charge is 0.490 e. The van der Waals surface area contributed by atoms with Gasteiger partial charge >= 0.3 is 5.97 Å². The molecule has 0 spiro atoms. The zero-order valence-electron chi connectivity index (χ0n) is 16.9. The van der Waals surface area contributed by atoms with Gasteiger partial charge in [0.15, 0.2) is 11.5 Å². The van der Waals surface area contributed by atoms with Crippen molar-refractivity contribution in [1.82, 2.24) is 0 Å². The van der Waals surface area contributed by atoms with Gasteiger partial charge in [-0.25, -0.2) is 4.79 Å². The van der Waals surface area contributed by atoms with Gasteiger partial charge in [0.25, 0.3) is 0 Å². The lowest BCUT2D eigenvalue weighted by Crippen LogP contribution is -2.05. The molecule has 6 heteroatoms. The van der Waals surface area contributed by atoms with E-state index in [1.807, 2.05) is 37.3 Å². The van der Waals surface area contributed by atoms with Crippen molar-refractivity contribution in [1.29, 1.82) is 0 Å². The predicted octanol–water partition coefficient (Wildman–Crippen LogP) is 6.05.